The first-order valence-corrected chi connectivity index (χ1v) is 10.6. The van der Waals surface area contributed by atoms with E-state index in [0.717, 1.165) is 11.0 Å². The van der Waals surface area contributed by atoms with Crippen LogP contribution in [0, 0.1) is 16.0 Å². The molecule has 2 aromatic carbocycles. The van der Waals surface area contributed by atoms with E-state index < -0.39 is 40.7 Å². The van der Waals surface area contributed by atoms with E-state index in [0.29, 0.717) is 15.8 Å². The van der Waals surface area contributed by atoms with Crippen molar-refractivity contribution in [1.82, 2.24) is 9.96 Å². The van der Waals surface area contributed by atoms with E-state index in [4.69, 9.17) is 15.3 Å². The van der Waals surface area contributed by atoms with E-state index in [1.807, 2.05) is 0 Å². The smallest absolute Gasteiger partial charge is 0.274 e. The number of imide groups is 1. The maximum absolute atomic E-state index is 12.9. The molecule has 2 saturated heterocycles. The van der Waals surface area contributed by atoms with Crippen LogP contribution in [0.3, 0.4) is 0 Å². The van der Waals surface area contributed by atoms with Gasteiger partial charge in [-0.15, -0.1) is 0 Å². The van der Waals surface area contributed by atoms with Gasteiger partial charge in [-0.2, -0.15) is 5.06 Å². The lowest BCUT2D eigenvalue weighted by molar-refractivity contribution is -0.386. The molecule has 0 bridgehead atoms. The van der Waals surface area contributed by atoms with E-state index in [1.165, 1.54) is 31.4 Å². The number of fused-ring (bicyclic) bond motifs is 1. The summed E-state index contributed by atoms with van der Waals surface area (Å²) in [6.07, 6.45) is -1.07. The molecule has 3 amide bonds. The molecule has 3 atom stereocenters. The molecule has 0 saturated carbocycles. The van der Waals surface area contributed by atoms with Crippen LogP contribution in [0.25, 0.3) is 0 Å². The zero-order valence-corrected chi connectivity index (χ0v) is 19.1. The maximum Gasteiger partial charge on any atom is 0.274 e. The van der Waals surface area contributed by atoms with Crippen molar-refractivity contribution in [3.05, 3.63) is 67.7 Å². The Labute approximate surface area is 196 Å². The van der Waals surface area contributed by atoms with Crippen molar-refractivity contribution >= 4 is 39.3 Å². The first-order valence-electron chi connectivity index (χ1n) is 9.79. The summed E-state index contributed by atoms with van der Waals surface area (Å²) in [7, 11) is 2.87. The average molecular weight is 519 g/mol. The summed E-state index contributed by atoms with van der Waals surface area (Å²) in [5, 5.41) is 13.0. The van der Waals surface area contributed by atoms with Crippen LogP contribution in [-0.2, 0) is 21.0 Å². The summed E-state index contributed by atoms with van der Waals surface area (Å²) in [4.78, 5) is 55.0. The van der Waals surface area contributed by atoms with Crippen LogP contribution in [0.4, 0.5) is 5.69 Å². The maximum atomic E-state index is 12.9. The lowest BCUT2D eigenvalue weighted by atomic mass is 9.90. The topological polar surface area (TPSA) is 145 Å². The van der Waals surface area contributed by atoms with Gasteiger partial charge in [0.1, 0.15) is 5.75 Å². The van der Waals surface area contributed by atoms with Crippen LogP contribution in [0.5, 0.6) is 5.75 Å². The van der Waals surface area contributed by atoms with Crippen molar-refractivity contribution in [2.24, 2.45) is 11.7 Å². The molecule has 0 spiro atoms. The first-order chi connectivity index (χ1) is 15.6. The van der Waals surface area contributed by atoms with Gasteiger partial charge in [-0.1, -0.05) is 15.9 Å². The second-order valence-corrected chi connectivity index (χ2v) is 8.57. The number of likely N-dealkylation sites (tertiary alicyclic amines) is 1. The van der Waals surface area contributed by atoms with Gasteiger partial charge in [-0.3, -0.25) is 34.2 Å². The highest BCUT2D eigenvalue weighted by Crippen LogP contribution is 2.48. The Kier molecular flexibility index (Phi) is 5.91. The fraction of sp³-hybridized carbons (Fsp3) is 0.286. The molecule has 0 radical (unpaired) electrons. The largest absolute Gasteiger partial charge is 0.496 e. The first kappa shape index (κ1) is 22.8. The number of benzene rings is 2. The van der Waals surface area contributed by atoms with Gasteiger partial charge in [0.15, 0.2) is 6.10 Å². The quantitative estimate of drug-likeness (QED) is 0.346. The van der Waals surface area contributed by atoms with Gasteiger partial charge in [-0.05, 0) is 30.3 Å². The van der Waals surface area contributed by atoms with E-state index in [1.54, 1.807) is 18.2 Å². The van der Waals surface area contributed by atoms with E-state index >= 15 is 0 Å². The molecule has 172 valence electrons. The number of nitro benzene ring substituents is 1. The molecule has 2 aliphatic rings. The summed E-state index contributed by atoms with van der Waals surface area (Å²) in [5.41, 5.74) is 5.70. The van der Waals surface area contributed by atoms with Gasteiger partial charge < -0.3 is 10.5 Å². The third-order valence-electron chi connectivity index (χ3n) is 5.82. The highest BCUT2D eigenvalue weighted by atomic mass is 79.9. The molecule has 0 aliphatic carbocycles. The highest BCUT2D eigenvalue weighted by molar-refractivity contribution is 9.10. The normalized spacial score (nSPS) is 22.5. The Bertz CT molecular complexity index is 1190. The predicted octanol–water partition coefficient (Wildman–Crippen LogP) is 1.94. The average Bonchev–Trinajstić information content (AvgIpc) is 3.24. The van der Waals surface area contributed by atoms with Gasteiger partial charge in [0, 0.05) is 34.3 Å². The second-order valence-electron chi connectivity index (χ2n) is 7.66. The number of nitrogens with two attached hydrogens (primary N) is 1. The lowest BCUT2D eigenvalue weighted by Gasteiger charge is -2.27. The Morgan fingerprint density at radius 2 is 1.97 bits per heavy atom. The molecule has 2 aliphatic heterocycles. The summed E-state index contributed by atoms with van der Waals surface area (Å²) < 4.78 is 6.19. The van der Waals surface area contributed by atoms with Crippen molar-refractivity contribution in [3.8, 4) is 5.75 Å². The molecule has 12 heteroatoms. The van der Waals surface area contributed by atoms with Crippen LogP contribution < -0.4 is 10.5 Å². The standard InChI is InChI=1S/C21H19BrN4O7/c1-24-20(28)16-17(13-8-12(22)5-6-15(13)32-2)25(33-18(16)21(24)29)9-11-4-3-10(19(23)27)7-14(11)26(30)31/h3-8,16-18H,9H2,1-2H3,(H2,23,27). The highest BCUT2D eigenvalue weighted by Gasteiger charge is 2.59. The third-order valence-corrected chi connectivity index (χ3v) is 6.31. The molecular formula is C21H19BrN4O7. The molecule has 2 N–H and O–H groups in total. The Morgan fingerprint density at radius 1 is 1.24 bits per heavy atom. The summed E-state index contributed by atoms with van der Waals surface area (Å²) in [6.45, 7) is -0.132. The minimum absolute atomic E-state index is 0.0122. The van der Waals surface area contributed by atoms with E-state index in [-0.39, 0.29) is 23.4 Å². The van der Waals surface area contributed by atoms with Gasteiger partial charge in [-0.25, -0.2) is 0 Å². The monoisotopic (exact) mass is 518 g/mol. The number of rotatable bonds is 6. The van der Waals surface area contributed by atoms with Crippen LogP contribution in [-0.4, -0.2) is 52.9 Å². The predicted molar refractivity (Wildman–Crippen MR) is 117 cm³/mol. The molecule has 2 heterocycles. The Hall–Kier alpha value is -3.35. The molecule has 33 heavy (non-hydrogen) atoms. The lowest BCUT2D eigenvalue weighted by Crippen LogP contribution is -2.34. The fourth-order valence-electron chi connectivity index (χ4n) is 4.22. The number of primary amides is 1. The molecule has 3 unspecified atom stereocenters. The van der Waals surface area contributed by atoms with Gasteiger partial charge in [0.2, 0.25) is 11.8 Å². The van der Waals surface area contributed by atoms with Gasteiger partial charge >= 0.3 is 0 Å². The number of hydrogen-bond donors (Lipinski definition) is 1. The summed E-state index contributed by atoms with van der Waals surface area (Å²) in [6, 6.07) is 8.33. The number of ether oxygens (including phenoxy) is 1. The molecule has 2 fully saturated rings. The number of carbonyl (C=O) groups is 3. The molecular weight excluding hydrogens is 500 g/mol. The number of hydroxylamine groups is 2. The number of amides is 3. The number of carbonyl (C=O) groups excluding carboxylic acids is 3. The number of likely N-dealkylation sites (N-methyl/N-ethyl adjacent to an activating group) is 1. The number of nitrogens with zero attached hydrogens (tertiary/aromatic N) is 3. The second kappa shape index (κ2) is 8.54. The number of nitro groups is 1. The molecule has 2 aromatic rings. The van der Waals surface area contributed by atoms with Crippen molar-refractivity contribution in [3.63, 3.8) is 0 Å². The summed E-state index contributed by atoms with van der Waals surface area (Å²) >= 11 is 3.41. The molecule has 11 nitrogen and oxygen atoms in total. The summed E-state index contributed by atoms with van der Waals surface area (Å²) in [5.74, 6) is -2.11. The van der Waals surface area contributed by atoms with Crippen LogP contribution >= 0.6 is 15.9 Å². The Balaban J connectivity index is 1.80. The fourth-order valence-corrected chi connectivity index (χ4v) is 4.60. The zero-order valence-electron chi connectivity index (χ0n) is 17.6. The van der Waals surface area contributed by atoms with Gasteiger partial charge in [0.25, 0.3) is 11.6 Å². The number of hydrogen-bond acceptors (Lipinski definition) is 8. The van der Waals surface area contributed by atoms with Crippen LogP contribution in [0.2, 0.25) is 0 Å². The van der Waals surface area contributed by atoms with Crippen LogP contribution in [0.15, 0.2) is 40.9 Å². The molecule has 4 rings (SSSR count). The third kappa shape index (κ3) is 3.86. The van der Waals surface area contributed by atoms with Gasteiger partial charge in [0.05, 0.1) is 30.5 Å². The van der Waals surface area contributed by atoms with Crippen molar-refractivity contribution in [2.75, 3.05) is 14.2 Å². The van der Waals surface area contributed by atoms with Crippen LogP contribution in [0.1, 0.15) is 27.5 Å². The molecule has 0 aromatic heterocycles. The van der Waals surface area contributed by atoms with Crippen molar-refractivity contribution in [2.45, 2.75) is 18.7 Å². The van der Waals surface area contributed by atoms with Crippen molar-refractivity contribution in [1.29, 1.82) is 0 Å². The Morgan fingerprint density at radius 3 is 2.61 bits per heavy atom. The number of methoxy groups -OCH3 is 1. The number of halogens is 1. The van der Waals surface area contributed by atoms with Crippen molar-refractivity contribution < 1.29 is 28.9 Å². The minimum atomic E-state index is -1.07. The SMILES string of the molecule is COc1ccc(Br)cc1C1C2C(=O)N(C)C(=O)C2ON1Cc1ccc(C(N)=O)cc1[N+](=O)[O-]. The zero-order chi connectivity index (χ0) is 24.0. The minimum Gasteiger partial charge on any atom is -0.496 e. The van der Waals surface area contributed by atoms with E-state index in [2.05, 4.69) is 15.9 Å². The van der Waals surface area contributed by atoms with E-state index in [9.17, 15) is 24.5 Å².